The summed E-state index contributed by atoms with van der Waals surface area (Å²) in [5.74, 6) is 2.97. The molecule has 0 aromatic heterocycles. The summed E-state index contributed by atoms with van der Waals surface area (Å²) >= 11 is 0. The first kappa shape index (κ1) is 15.4. The first-order valence-corrected chi connectivity index (χ1v) is 7.33. The molecule has 0 saturated carbocycles. The fourth-order valence-corrected chi connectivity index (χ4v) is 2.43. The summed E-state index contributed by atoms with van der Waals surface area (Å²) in [7, 11) is 0. The van der Waals surface area contributed by atoms with Crippen LogP contribution < -0.4 is 5.32 Å². The molecule has 4 heteroatoms. The van der Waals surface area contributed by atoms with Crippen LogP contribution >= 0.6 is 0 Å². The molecule has 0 unspecified atom stereocenters. The predicted octanol–water partition coefficient (Wildman–Crippen LogP) is 2.89. The van der Waals surface area contributed by atoms with Crippen LogP contribution in [0.2, 0.25) is 0 Å². The van der Waals surface area contributed by atoms with Crippen molar-refractivity contribution < 1.29 is 9.53 Å². The molecule has 1 aromatic rings. The van der Waals surface area contributed by atoms with E-state index in [0.29, 0.717) is 19.1 Å². The number of ether oxygens (including phenoxy) is 1. The van der Waals surface area contributed by atoms with Crippen LogP contribution in [-0.4, -0.2) is 37.2 Å². The Hall–Kier alpha value is -1.99. The number of hydrogen-bond donors (Lipinski definition) is 1. The number of likely N-dealkylation sites (tertiary alicyclic amines) is 1. The number of nitrogens with one attached hydrogen (secondary N) is 1. The minimum absolute atomic E-state index is 0.0261. The Balaban J connectivity index is 1.75. The van der Waals surface area contributed by atoms with Crippen LogP contribution in [0.4, 0.5) is 10.5 Å². The summed E-state index contributed by atoms with van der Waals surface area (Å²) in [6, 6.07) is 7.80. The number of anilines is 1. The van der Waals surface area contributed by atoms with Crippen molar-refractivity contribution in [1.82, 2.24) is 4.90 Å². The molecule has 1 aliphatic heterocycles. The number of urea groups is 1. The van der Waals surface area contributed by atoms with Gasteiger partial charge in [-0.1, -0.05) is 23.6 Å². The minimum Gasteiger partial charge on any atom is -0.369 e. The molecule has 2 amide bonds. The number of hydrogen-bond acceptors (Lipinski definition) is 2. The maximum Gasteiger partial charge on any atom is 0.321 e. The molecule has 0 atom stereocenters. The molecule has 1 N–H and O–H groups in total. The maximum atomic E-state index is 12.2. The summed E-state index contributed by atoms with van der Waals surface area (Å²) in [4.78, 5) is 14.0. The summed E-state index contributed by atoms with van der Waals surface area (Å²) in [6.07, 6.45) is 7.08. The molecule has 2 rings (SSSR count). The van der Waals surface area contributed by atoms with Crippen LogP contribution in [0.25, 0.3) is 0 Å². The Morgan fingerprint density at radius 2 is 2.05 bits per heavy atom. The van der Waals surface area contributed by atoms with Gasteiger partial charge in [0.25, 0.3) is 0 Å². The van der Waals surface area contributed by atoms with Gasteiger partial charge in [0.2, 0.25) is 0 Å². The van der Waals surface area contributed by atoms with Crippen molar-refractivity contribution in [1.29, 1.82) is 0 Å². The van der Waals surface area contributed by atoms with E-state index in [4.69, 9.17) is 11.2 Å². The fraction of sp³-hybridized carbons (Fsp3) is 0.471. The van der Waals surface area contributed by atoms with Gasteiger partial charge in [0.1, 0.15) is 6.61 Å². The van der Waals surface area contributed by atoms with Crippen molar-refractivity contribution in [2.75, 3.05) is 31.6 Å². The van der Waals surface area contributed by atoms with Crippen molar-refractivity contribution in [3.05, 3.63) is 29.8 Å². The van der Waals surface area contributed by atoms with E-state index in [9.17, 15) is 4.79 Å². The SMILES string of the molecule is C#CCOCC1CCN(C(=O)Nc2ccc(C)cc2)CC1. The van der Waals surface area contributed by atoms with E-state index in [1.165, 1.54) is 5.56 Å². The van der Waals surface area contributed by atoms with E-state index < -0.39 is 0 Å². The zero-order valence-corrected chi connectivity index (χ0v) is 12.5. The van der Waals surface area contributed by atoms with Crippen molar-refractivity contribution in [2.45, 2.75) is 19.8 Å². The zero-order chi connectivity index (χ0) is 15.1. The third-order valence-corrected chi connectivity index (χ3v) is 3.74. The largest absolute Gasteiger partial charge is 0.369 e. The molecule has 1 aromatic carbocycles. The van der Waals surface area contributed by atoms with Crippen LogP contribution in [0, 0.1) is 25.2 Å². The Kier molecular flexibility index (Phi) is 5.65. The third kappa shape index (κ3) is 4.80. The molecule has 1 saturated heterocycles. The Labute approximate surface area is 126 Å². The number of terminal acetylenes is 1. The summed E-state index contributed by atoms with van der Waals surface area (Å²) in [5, 5.41) is 2.94. The number of carbonyl (C=O) groups excluding carboxylic acids is 1. The van der Waals surface area contributed by atoms with Crippen LogP contribution in [-0.2, 0) is 4.74 Å². The van der Waals surface area contributed by atoms with Crippen molar-refractivity contribution >= 4 is 11.7 Å². The lowest BCUT2D eigenvalue weighted by molar-refractivity contribution is 0.0932. The summed E-state index contributed by atoms with van der Waals surface area (Å²) < 4.78 is 5.37. The highest BCUT2D eigenvalue weighted by atomic mass is 16.5. The van der Waals surface area contributed by atoms with E-state index in [1.807, 2.05) is 36.1 Å². The quantitative estimate of drug-likeness (QED) is 0.683. The Morgan fingerprint density at radius 1 is 1.38 bits per heavy atom. The number of nitrogens with zero attached hydrogens (tertiary/aromatic N) is 1. The molecule has 0 radical (unpaired) electrons. The summed E-state index contributed by atoms with van der Waals surface area (Å²) in [6.45, 7) is 4.62. The molecule has 1 heterocycles. The number of benzene rings is 1. The molecule has 4 nitrogen and oxygen atoms in total. The molecule has 1 fully saturated rings. The van der Waals surface area contributed by atoms with Crippen molar-refractivity contribution in [3.63, 3.8) is 0 Å². The number of aryl methyl sites for hydroxylation is 1. The van der Waals surface area contributed by atoms with E-state index in [0.717, 1.165) is 31.6 Å². The molecule has 1 aliphatic rings. The van der Waals surface area contributed by atoms with Crippen LogP contribution in [0.15, 0.2) is 24.3 Å². The van der Waals surface area contributed by atoms with E-state index in [1.54, 1.807) is 0 Å². The molecular formula is C17H22N2O2. The third-order valence-electron chi connectivity index (χ3n) is 3.74. The number of piperidine rings is 1. The normalized spacial score (nSPS) is 15.5. The van der Waals surface area contributed by atoms with Gasteiger partial charge < -0.3 is 15.0 Å². The van der Waals surface area contributed by atoms with Gasteiger partial charge in [-0.25, -0.2) is 4.79 Å². The molecule has 112 valence electrons. The molecule has 21 heavy (non-hydrogen) atoms. The lowest BCUT2D eigenvalue weighted by Crippen LogP contribution is -2.41. The maximum absolute atomic E-state index is 12.2. The molecule has 0 aliphatic carbocycles. The number of amides is 2. The second-order valence-electron chi connectivity index (χ2n) is 5.45. The van der Waals surface area contributed by atoms with Crippen molar-refractivity contribution in [3.8, 4) is 12.3 Å². The van der Waals surface area contributed by atoms with Gasteiger partial charge in [-0.05, 0) is 37.8 Å². The molecular weight excluding hydrogens is 264 g/mol. The minimum atomic E-state index is -0.0261. The van der Waals surface area contributed by atoms with E-state index in [2.05, 4.69) is 11.2 Å². The number of rotatable bonds is 4. The fourth-order valence-electron chi connectivity index (χ4n) is 2.43. The highest BCUT2D eigenvalue weighted by Gasteiger charge is 2.22. The van der Waals surface area contributed by atoms with Crippen LogP contribution in [0.3, 0.4) is 0 Å². The second-order valence-corrected chi connectivity index (χ2v) is 5.45. The van der Waals surface area contributed by atoms with Gasteiger partial charge in [-0.3, -0.25) is 0 Å². The molecule has 0 bridgehead atoms. The van der Waals surface area contributed by atoms with Gasteiger partial charge in [0.05, 0.1) is 6.61 Å². The second kappa shape index (κ2) is 7.70. The standard InChI is InChI=1S/C17H22N2O2/c1-3-12-21-13-15-8-10-19(11-9-15)17(20)18-16-6-4-14(2)5-7-16/h1,4-7,15H,8-13H2,2H3,(H,18,20). The van der Waals surface area contributed by atoms with Crippen molar-refractivity contribution in [2.24, 2.45) is 5.92 Å². The first-order chi connectivity index (χ1) is 10.2. The lowest BCUT2D eigenvalue weighted by Gasteiger charge is -2.31. The average Bonchev–Trinajstić information content (AvgIpc) is 2.50. The van der Waals surface area contributed by atoms with Gasteiger partial charge in [-0.15, -0.1) is 6.42 Å². The van der Waals surface area contributed by atoms with E-state index in [-0.39, 0.29) is 6.03 Å². The average molecular weight is 286 g/mol. The van der Waals surface area contributed by atoms with Crippen LogP contribution in [0.1, 0.15) is 18.4 Å². The van der Waals surface area contributed by atoms with Gasteiger partial charge >= 0.3 is 6.03 Å². The smallest absolute Gasteiger partial charge is 0.321 e. The van der Waals surface area contributed by atoms with E-state index >= 15 is 0 Å². The Bertz CT molecular complexity index is 497. The number of carbonyl (C=O) groups is 1. The summed E-state index contributed by atoms with van der Waals surface area (Å²) in [5.41, 5.74) is 2.02. The lowest BCUT2D eigenvalue weighted by atomic mass is 9.98. The van der Waals surface area contributed by atoms with Crippen LogP contribution in [0.5, 0.6) is 0 Å². The topological polar surface area (TPSA) is 41.6 Å². The van der Waals surface area contributed by atoms with Gasteiger partial charge in [0, 0.05) is 18.8 Å². The Morgan fingerprint density at radius 3 is 2.67 bits per heavy atom. The predicted molar refractivity (Wildman–Crippen MR) is 84.1 cm³/mol. The zero-order valence-electron chi connectivity index (χ0n) is 12.5. The van der Waals surface area contributed by atoms with Gasteiger partial charge in [0.15, 0.2) is 0 Å². The highest BCUT2D eigenvalue weighted by molar-refractivity contribution is 5.89. The molecule has 0 spiro atoms. The highest BCUT2D eigenvalue weighted by Crippen LogP contribution is 2.18. The monoisotopic (exact) mass is 286 g/mol. The first-order valence-electron chi connectivity index (χ1n) is 7.33. The van der Waals surface area contributed by atoms with Gasteiger partial charge in [-0.2, -0.15) is 0 Å².